The van der Waals surface area contributed by atoms with Crippen LogP contribution in [-0.4, -0.2) is 57.4 Å². The molecule has 9 nitrogen and oxygen atoms in total. The molecule has 2 aromatic carbocycles. The molecule has 2 amide bonds. The van der Waals surface area contributed by atoms with E-state index in [4.69, 9.17) is 7.15 Å². The lowest BCUT2D eigenvalue weighted by Gasteiger charge is -2.24. The molecule has 0 saturated carbocycles. The molecule has 0 aliphatic carbocycles. The van der Waals surface area contributed by atoms with Crippen LogP contribution < -0.4 is 16.4 Å². The second kappa shape index (κ2) is 10.5. The molecule has 4 atom stereocenters. The number of fused-ring (bicyclic) bond motifs is 2. The van der Waals surface area contributed by atoms with Crippen LogP contribution in [0.5, 0.6) is 0 Å². The number of carbonyl (C=O) groups is 3. The van der Waals surface area contributed by atoms with Crippen molar-refractivity contribution in [2.24, 2.45) is 5.73 Å². The van der Waals surface area contributed by atoms with Gasteiger partial charge in [-0.25, -0.2) is 0 Å². The van der Waals surface area contributed by atoms with E-state index in [2.05, 4.69) is 15.3 Å². The first-order valence-electron chi connectivity index (χ1n) is 11.9. The third-order valence-electron chi connectivity index (χ3n) is 6.05. The van der Waals surface area contributed by atoms with Gasteiger partial charge in [-0.05, 0) is 36.6 Å². The van der Waals surface area contributed by atoms with Gasteiger partial charge in [-0.3, -0.25) is 9.59 Å². The molecule has 35 heavy (non-hydrogen) atoms. The number of aromatic nitrogens is 2. The molecule has 0 unspecified atom stereocenters. The van der Waals surface area contributed by atoms with Crippen LogP contribution in [0.15, 0.2) is 60.9 Å². The molecule has 0 bridgehead atoms. The highest BCUT2D eigenvalue weighted by Gasteiger charge is 2.29. The third-order valence-corrected chi connectivity index (χ3v) is 6.05. The van der Waals surface area contributed by atoms with Crippen molar-refractivity contribution in [1.29, 1.82) is 0 Å². The Bertz CT molecular complexity index is 1380. The van der Waals surface area contributed by atoms with E-state index in [0.717, 1.165) is 32.9 Å². The van der Waals surface area contributed by atoms with E-state index < -0.39 is 36.0 Å². The van der Waals surface area contributed by atoms with Crippen molar-refractivity contribution in [1.82, 2.24) is 20.6 Å². The fourth-order valence-electron chi connectivity index (χ4n) is 4.17. The van der Waals surface area contributed by atoms with Crippen molar-refractivity contribution in [3.05, 3.63) is 72.1 Å². The van der Waals surface area contributed by atoms with E-state index in [9.17, 15) is 19.5 Å². The summed E-state index contributed by atoms with van der Waals surface area (Å²) in [4.78, 5) is 44.0. The van der Waals surface area contributed by atoms with E-state index in [1.807, 2.05) is 48.5 Å². The fraction of sp³-hybridized carbons (Fsp3) is 0.269. The van der Waals surface area contributed by atoms with Gasteiger partial charge in [-0.15, -0.1) is 0 Å². The van der Waals surface area contributed by atoms with Gasteiger partial charge in [0.15, 0.2) is 1.41 Å². The lowest BCUT2D eigenvalue weighted by atomic mass is 10.0. The SMILES string of the molecule is [2H]N(C(=O)[C@H](NC(=O)[C@@H](N)Cc1c[nH]c2ccccc12)[C@H](C)O)[C@@H](C=O)Cc1c[nH]c2ccccc12. The first-order chi connectivity index (χ1) is 17.3. The van der Waals surface area contributed by atoms with Crippen LogP contribution in [0.3, 0.4) is 0 Å². The Balaban J connectivity index is 1.44. The quantitative estimate of drug-likeness (QED) is 0.191. The van der Waals surface area contributed by atoms with Gasteiger partial charge in [0.2, 0.25) is 11.8 Å². The molecule has 0 radical (unpaired) electrons. The summed E-state index contributed by atoms with van der Waals surface area (Å²) in [5.41, 5.74) is 9.51. The molecule has 4 aromatic rings. The zero-order chi connectivity index (χ0) is 25.8. The molecule has 2 heterocycles. The number of aliphatic hydroxyl groups is 1. The average Bonchev–Trinajstić information content (AvgIpc) is 3.48. The number of carbonyl (C=O) groups excluding carboxylic acids is 3. The summed E-state index contributed by atoms with van der Waals surface area (Å²) in [5.74, 6) is -1.55. The number of aliphatic hydroxyl groups excluding tert-OH is 1. The monoisotopic (exact) mass is 476 g/mol. The number of benzene rings is 2. The van der Waals surface area contributed by atoms with E-state index in [-0.39, 0.29) is 12.8 Å². The fourth-order valence-corrected chi connectivity index (χ4v) is 4.17. The molecule has 9 heteroatoms. The van der Waals surface area contributed by atoms with Crippen molar-refractivity contribution in [2.45, 2.75) is 44.0 Å². The number of aldehydes is 1. The zero-order valence-corrected chi connectivity index (χ0v) is 19.3. The normalized spacial score (nSPS) is 15.2. The van der Waals surface area contributed by atoms with E-state index in [0.29, 0.717) is 11.6 Å². The van der Waals surface area contributed by atoms with E-state index in [1.54, 1.807) is 12.4 Å². The van der Waals surface area contributed by atoms with Crippen LogP contribution in [-0.2, 0) is 27.2 Å². The minimum Gasteiger partial charge on any atom is -0.391 e. The molecule has 0 saturated heterocycles. The Hall–Kier alpha value is -3.95. The molecular formula is C26H29N5O4. The van der Waals surface area contributed by atoms with Crippen LogP contribution in [0.25, 0.3) is 21.8 Å². The second-order valence-corrected chi connectivity index (χ2v) is 8.63. The maximum Gasteiger partial charge on any atom is 0.245 e. The molecular weight excluding hydrogens is 446 g/mol. The highest BCUT2D eigenvalue weighted by atomic mass is 16.3. The minimum atomic E-state index is -1.44. The Morgan fingerprint density at radius 2 is 1.54 bits per heavy atom. The second-order valence-electron chi connectivity index (χ2n) is 8.63. The summed E-state index contributed by atoms with van der Waals surface area (Å²) in [6.07, 6.45) is 3.02. The van der Waals surface area contributed by atoms with Crippen LogP contribution in [0.2, 0.25) is 1.41 Å². The standard InChI is InChI=1S/C26H29N5O4/c1-15(33)24(31-25(34)21(27)11-17-13-29-23-9-5-3-7-20(17)23)26(35)30-18(14-32)10-16-12-28-22-8-4-2-6-19(16)22/h2-9,12-15,18,21,24,28-29,33H,10-11,27H2,1H3,(H,30,35)(H,31,34)/t15-,18+,21-,24+/m0/s1/i/hD. The third kappa shape index (κ3) is 5.42. The smallest absolute Gasteiger partial charge is 0.245 e. The summed E-state index contributed by atoms with van der Waals surface area (Å²) in [6, 6.07) is 11.6. The number of aromatic amines is 2. The summed E-state index contributed by atoms with van der Waals surface area (Å²) >= 11 is 0. The molecule has 0 aliphatic rings. The highest BCUT2D eigenvalue weighted by Crippen LogP contribution is 2.20. The van der Waals surface area contributed by atoms with Gasteiger partial charge in [-0.2, -0.15) is 0 Å². The zero-order valence-electron chi connectivity index (χ0n) is 20.3. The summed E-state index contributed by atoms with van der Waals surface area (Å²) < 4.78 is 8.31. The number of H-pyrrole nitrogens is 2. The first kappa shape index (κ1) is 22.8. The maximum atomic E-state index is 13.1. The predicted molar refractivity (Wildman–Crippen MR) is 134 cm³/mol. The van der Waals surface area contributed by atoms with Crippen molar-refractivity contribution >= 4 is 39.9 Å². The van der Waals surface area contributed by atoms with Crippen molar-refractivity contribution in [2.75, 3.05) is 0 Å². The van der Waals surface area contributed by atoms with Gasteiger partial charge in [0.1, 0.15) is 12.3 Å². The van der Waals surface area contributed by atoms with Gasteiger partial charge in [0.05, 0.1) is 18.2 Å². The van der Waals surface area contributed by atoms with Crippen LogP contribution in [0, 0.1) is 0 Å². The van der Waals surface area contributed by atoms with E-state index in [1.165, 1.54) is 6.92 Å². The van der Waals surface area contributed by atoms with Crippen molar-refractivity contribution in [3.8, 4) is 0 Å². The van der Waals surface area contributed by atoms with Crippen LogP contribution in [0.4, 0.5) is 0 Å². The Kier molecular flexibility index (Phi) is 6.87. The van der Waals surface area contributed by atoms with Gasteiger partial charge in [-0.1, -0.05) is 36.4 Å². The summed E-state index contributed by atoms with van der Waals surface area (Å²) in [5, 5.41) is 15.0. The topological polar surface area (TPSA) is 153 Å². The average molecular weight is 477 g/mol. The number of hydrogen-bond donors (Lipinski definition) is 6. The van der Waals surface area contributed by atoms with Gasteiger partial charge < -0.3 is 36.2 Å². The number of rotatable bonds is 10. The molecule has 7 N–H and O–H groups in total. The number of nitrogens with two attached hydrogens (primary N) is 1. The van der Waals surface area contributed by atoms with Gasteiger partial charge in [0.25, 0.3) is 0 Å². The molecule has 0 spiro atoms. The molecule has 182 valence electrons. The summed E-state index contributed by atoms with van der Waals surface area (Å²) in [6.45, 7) is 1.33. The Morgan fingerprint density at radius 1 is 1.00 bits per heavy atom. The number of para-hydroxylation sites is 2. The van der Waals surface area contributed by atoms with Gasteiger partial charge in [0, 0.05) is 40.6 Å². The maximum absolute atomic E-state index is 13.1. The Labute approximate surface area is 203 Å². The van der Waals surface area contributed by atoms with Crippen molar-refractivity contribution < 1.29 is 20.9 Å². The van der Waals surface area contributed by atoms with Crippen molar-refractivity contribution in [3.63, 3.8) is 0 Å². The van der Waals surface area contributed by atoms with Crippen LogP contribution >= 0.6 is 0 Å². The first-order valence-corrected chi connectivity index (χ1v) is 11.4. The summed E-state index contributed by atoms with van der Waals surface area (Å²) in [7, 11) is 0. The Morgan fingerprint density at radius 3 is 2.09 bits per heavy atom. The van der Waals surface area contributed by atoms with Crippen LogP contribution in [0.1, 0.15) is 18.1 Å². The minimum absolute atomic E-state index is 0.101. The molecule has 0 aliphatic heterocycles. The van der Waals surface area contributed by atoms with E-state index >= 15 is 0 Å². The number of amides is 2. The highest BCUT2D eigenvalue weighted by molar-refractivity contribution is 5.92. The lowest BCUT2D eigenvalue weighted by Crippen LogP contribution is -2.57. The lowest BCUT2D eigenvalue weighted by molar-refractivity contribution is -0.133. The molecule has 2 aromatic heterocycles. The molecule has 4 rings (SSSR count). The van der Waals surface area contributed by atoms with Gasteiger partial charge >= 0.3 is 0 Å². The number of nitrogens with one attached hydrogen (secondary N) is 4. The largest absolute Gasteiger partial charge is 0.391 e. The number of hydrogen-bond acceptors (Lipinski definition) is 5. The molecule has 0 fully saturated rings. The predicted octanol–water partition coefficient (Wildman–Crippen LogP) is 1.31.